The molecule has 8 heteroatoms. The van der Waals surface area contributed by atoms with Gasteiger partial charge in [-0.15, -0.1) is 0 Å². The zero-order chi connectivity index (χ0) is 16.8. The maximum absolute atomic E-state index is 13.7. The van der Waals surface area contributed by atoms with Gasteiger partial charge in [0.15, 0.2) is 11.6 Å². The van der Waals surface area contributed by atoms with Gasteiger partial charge in [0.2, 0.25) is 0 Å². The molecule has 22 heavy (non-hydrogen) atoms. The van der Waals surface area contributed by atoms with Gasteiger partial charge in [0, 0.05) is 13.1 Å². The maximum atomic E-state index is 13.7. The third-order valence-corrected chi connectivity index (χ3v) is 2.51. The van der Waals surface area contributed by atoms with E-state index in [1.807, 2.05) is 0 Å². The number of halogens is 4. The smallest absolute Gasteiger partial charge is 0.390 e. The van der Waals surface area contributed by atoms with Crippen LogP contribution in [0.4, 0.5) is 22.4 Å². The number of carbonyl (C=O) groups excluding carboxylic acids is 1. The Morgan fingerprint density at radius 3 is 2.50 bits per heavy atom. The Morgan fingerprint density at radius 2 is 1.95 bits per heavy atom. The SMILES string of the molecule is CC(C)Oc1ccc(CNC(=O)NCCC(F)(F)F)cc1F. The van der Waals surface area contributed by atoms with E-state index in [0.29, 0.717) is 5.56 Å². The molecule has 1 rings (SSSR count). The Bertz CT molecular complexity index is 504. The summed E-state index contributed by atoms with van der Waals surface area (Å²) in [5, 5.41) is 4.42. The first kappa shape index (κ1) is 18.1. The highest BCUT2D eigenvalue weighted by Gasteiger charge is 2.26. The van der Waals surface area contributed by atoms with Gasteiger partial charge in [-0.05, 0) is 31.5 Å². The van der Waals surface area contributed by atoms with E-state index in [1.54, 1.807) is 19.9 Å². The number of amides is 2. The van der Waals surface area contributed by atoms with Gasteiger partial charge in [0.1, 0.15) is 0 Å². The molecule has 4 nitrogen and oxygen atoms in total. The van der Waals surface area contributed by atoms with Crippen molar-refractivity contribution in [2.75, 3.05) is 6.54 Å². The number of nitrogens with one attached hydrogen (secondary N) is 2. The molecular weight excluding hydrogens is 304 g/mol. The van der Waals surface area contributed by atoms with Gasteiger partial charge >= 0.3 is 12.2 Å². The van der Waals surface area contributed by atoms with Crippen LogP contribution in [0.2, 0.25) is 0 Å². The Morgan fingerprint density at radius 1 is 1.27 bits per heavy atom. The van der Waals surface area contributed by atoms with Crippen molar-refractivity contribution in [2.45, 2.75) is 39.1 Å². The van der Waals surface area contributed by atoms with E-state index in [9.17, 15) is 22.4 Å². The maximum Gasteiger partial charge on any atom is 0.390 e. The van der Waals surface area contributed by atoms with Crippen LogP contribution in [0.1, 0.15) is 25.8 Å². The molecule has 0 aliphatic rings. The molecule has 0 aliphatic heterocycles. The van der Waals surface area contributed by atoms with Gasteiger partial charge in [0.05, 0.1) is 12.5 Å². The number of rotatable bonds is 6. The third kappa shape index (κ3) is 7.14. The van der Waals surface area contributed by atoms with Gasteiger partial charge in [0.25, 0.3) is 0 Å². The number of hydrogen-bond acceptors (Lipinski definition) is 2. The van der Waals surface area contributed by atoms with Gasteiger partial charge in [-0.3, -0.25) is 0 Å². The van der Waals surface area contributed by atoms with E-state index in [0.717, 1.165) is 0 Å². The summed E-state index contributed by atoms with van der Waals surface area (Å²) in [4.78, 5) is 11.3. The van der Waals surface area contributed by atoms with Crippen LogP contribution in [-0.2, 0) is 6.54 Å². The monoisotopic (exact) mass is 322 g/mol. The van der Waals surface area contributed by atoms with E-state index in [2.05, 4.69) is 10.6 Å². The summed E-state index contributed by atoms with van der Waals surface area (Å²) in [6.07, 6.45) is -5.59. The molecule has 0 radical (unpaired) electrons. The summed E-state index contributed by atoms with van der Waals surface area (Å²) in [5.41, 5.74) is 0.472. The Balaban J connectivity index is 2.41. The van der Waals surface area contributed by atoms with Crippen LogP contribution in [0.5, 0.6) is 5.75 Å². The lowest BCUT2D eigenvalue weighted by Gasteiger charge is -2.12. The van der Waals surface area contributed by atoms with Crippen LogP contribution in [-0.4, -0.2) is 24.9 Å². The summed E-state index contributed by atoms with van der Waals surface area (Å²) >= 11 is 0. The van der Waals surface area contributed by atoms with Crippen molar-refractivity contribution < 1.29 is 27.1 Å². The van der Waals surface area contributed by atoms with Crippen LogP contribution < -0.4 is 15.4 Å². The van der Waals surface area contributed by atoms with Crippen LogP contribution >= 0.6 is 0 Å². The summed E-state index contributed by atoms with van der Waals surface area (Å²) < 4.78 is 54.6. The Labute approximate surface area is 125 Å². The topological polar surface area (TPSA) is 50.4 Å². The largest absolute Gasteiger partial charge is 0.488 e. The normalized spacial score (nSPS) is 11.4. The lowest BCUT2D eigenvalue weighted by atomic mass is 10.2. The van der Waals surface area contributed by atoms with Crippen LogP contribution in [0.25, 0.3) is 0 Å². The molecule has 0 saturated heterocycles. The van der Waals surface area contributed by atoms with Crippen molar-refractivity contribution in [2.24, 2.45) is 0 Å². The van der Waals surface area contributed by atoms with Crippen molar-refractivity contribution in [3.63, 3.8) is 0 Å². The molecule has 2 amide bonds. The number of hydrogen-bond donors (Lipinski definition) is 2. The van der Waals surface area contributed by atoms with E-state index < -0.39 is 31.0 Å². The average Bonchev–Trinajstić information content (AvgIpc) is 2.37. The zero-order valence-electron chi connectivity index (χ0n) is 12.3. The second-order valence-corrected chi connectivity index (χ2v) is 4.91. The highest BCUT2D eigenvalue weighted by Crippen LogP contribution is 2.20. The predicted molar refractivity (Wildman–Crippen MR) is 73.1 cm³/mol. The molecule has 0 spiro atoms. The summed E-state index contributed by atoms with van der Waals surface area (Å²) in [5.74, 6) is -0.459. The molecule has 0 saturated carbocycles. The number of ether oxygens (including phenoxy) is 1. The van der Waals surface area contributed by atoms with E-state index >= 15 is 0 Å². The van der Waals surface area contributed by atoms with Crippen molar-refractivity contribution in [3.8, 4) is 5.75 Å². The fraction of sp³-hybridized carbons (Fsp3) is 0.500. The van der Waals surface area contributed by atoms with Crippen molar-refractivity contribution >= 4 is 6.03 Å². The summed E-state index contributed by atoms with van der Waals surface area (Å²) in [7, 11) is 0. The first-order valence-electron chi connectivity index (χ1n) is 6.71. The molecule has 0 fully saturated rings. The van der Waals surface area contributed by atoms with Crippen molar-refractivity contribution in [1.29, 1.82) is 0 Å². The van der Waals surface area contributed by atoms with Crippen LogP contribution in [0, 0.1) is 5.82 Å². The van der Waals surface area contributed by atoms with E-state index in [4.69, 9.17) is 4.74 Å². The molecule has 0 unspecified atom stereocenters. The van der Waals surface area contributed by atoms with Crippen LogP contribution in [0.15, 0.2) is 18.2 Å². The molecule has 1 aromatic rings. The molecule has 1 aromatic carbocycles. The first-order valence-corrected chi connectivity index (χ1v) is 6.71. The second-order valence-electron chi connectivity index (χ2n) is 4.91. The quantitative estimate of drug-likeness (QED) is 0.789. The molecular formula is C14H18F4N2O2. The lowest BCUT2D eigenvalue weighted by molar-refractivity contribution is -0.132. The van der Waals surface area contributed by atoms with Crippen molar-refractivity contribution in [3.05, 3.63) is 29.6 Å². The fourth-order valence-corrected chi connectivity index (χ4v) is 1.57. The number of urea groups is 1. The molecule has 0 aliphatic carbocycles. The molecule has 0 aromatic heterocycles. The van der Waals surface area contributed by atoms with E-state index in [1.165, 1.54) is 12.1 Å². The Kier molecular flexibility index (Phi) is 6.45. The molecule has 0 bridgehead atoms. The predicted octanol–water partition coefficient (Wildman–Crippen LogP) is 3.36. The first-order chi connectivity index (χ1) is 10.2. The second kappa shape index (κ2) is 7.86. The zero-order valence-corrected chi connectivity index (χ0v) is 12.3. The van der Waals surface area contributed by atoms with Gasteiger partial charge in [-0.2, -0.15) is 13.2 Å². The molecule has 0 atom stereocenters. The summed E-state index contributed by atoms with van der Waals surface area (Å²) in [6.45, 7) is 3.02. The van der Waals surface area contributed by atoms with Gasteiger partial charge in [-0.25, -0.2) is 9.18 Å². The highest BCUT2D eigenvalue weighted by molar-refractivity contribution is 5.73. The minimum absolute atomic E-state index is 0.00324. The molecule has 2 N–H and O–H groups in total. The van der Waals surface area contributed by atoms with Crippen molar-refractivity contribution in [1.82, 2.24) is 10.6 Å². The molecule has 124 valence electrons. The van der Waals surface area contributed by atoms with E-state index in [-0.39, 0.29) is 18.4 Å². The van der Waals surface area contributed by atoms with Gasteiger partial charge in [-0.1, -0.05) is 6.07 Å². The minimum Gasteiger partial charge on any atom is -0.488 e. The standard InChI is InChI=1S/C14H18F4N2O2/c1-9(2)22-12-4-3-10(7-11(12)15)8-20-13(21)19-6-5-14(16,17)18/h3-4,7,9H,5-6,8H2,1-2H3,(H2,19,20,21). The van der Waals surface area contributed by atoms with Crippen LogP contribution in [0.3, 0.4) is 0 Å². The number of carbonyl (C=O) groups is 1. The number of benzene rings is 1. The molecule has 0 heterocycles. The number of alkyl halides is 3. The minimum atomic E-state index is -4.32. The van der Waals surface area contributed by atoms with Gasteiger partial charge < -0.3 is 15.4 Å². The third-order valence-electron chi connectivity index (χ3n) is 2.51. The average molecular weight is 322 g/mol. The highest BCUT2D eigenvalue weighted by atomic mass is 19.4. The summed E-state index contributed by atoms with van der Waals surface area (Å²) in [6, 6.07) is 3.46. The lowest BCUT2D eigenvalue weighted by Crippen LogP contribution is -2.36. The fourth-order valence-electron chi connectivity index (χ4n) is 1.57. The Hall–Kier alpha value is -1.99.